The molecule has 2 amide bonds. The van der Waals surface area contributed by atoms with Crippen molar-refractivity contribution in [3.8, 4) is 23.0 Å². The quantitative estimate of drug-likeness (QED) is 0.0451. The molecule has 0 aliphatic rings. The smallest absolute Gasteiger partial charge is 0.303 e. The van der Waals surface area contributed by atoms with Gasteiger partial charge in [0, 0.05) is 33.0 Å². The molecule has 0 radical (unpaired) electrons. The Bertz CT molecular complexity index is 1410. The lowest BCUT2D eigenvalue weighted by molar-refractivity contribution is -0.137. The van der Waals surface area contributed by atoms with E-state index in [9.17, 15) is 24.6 Å². The summed E-state index contributed by atoms with van der Waals surface area (Å²) in [5.41, 5.74) is 2.79. The zero-order valence-corrected chi connectivity index (χ0v) is 38.8. The van der Waals surface area contributed by atoms with E-state index in [1.54, 1.807) is 11.0 Å². The van der Waals surface area contributed by atoms with Gasteiger partial charge in [-0.25, -0.2) is 0 Å². The molecule has 0 saturated carbocycles. The molecule has 344 valence electrons. The molecule has 0 unspecified atom stereocenters. The number of hydrogen-bond donors (Lipinski definition) is 5. The summed E-state index contributed by atoms with van der Waals surface area (Å²) >= 11 is 0. The summed E-state index contributed by atoms with van der Waals surface area (Å²) in [6, 6.07) is 9.07. The minimum atomic E-state index is -0.675. The molecule has 0 heterocycles. The number of aryl methyl sites for hydroxylation is 1. The third kappa shape index (κ3) is 30.5. The Hall–Kier alpha value is -4.48. The van der Waals surface area contributed by atoms with Crippen molar-refractivity contribution in [3.63, 3.8) is 0 Å². The van der Waals surface area contributed by atoms with Gasteiger partial charge in [-0.1, -0.05) is 126 Å². The second-order valence-corrected chi connectivity index (χ2v) is 16.3. The molecule has 2 aromatic carbocycles. The maximum atomic E-state index is 12.2. The Morgan fingerprint density at radius 1 is 0.733 bits per heavy atom. The number of hydrogen-bond acceptors (Lipinski definition) is 8. The van der Waals surface area contributed by atoms with Crippen LogP contribution in [0.5, 0.6) is 23.0 Å². The van der Waals surface area contributed by atoms with Crippen molar-refractivity contribution >= 4 is 24.3 Å². The minimum Gasteiger partial charge on any atom is -0.508 e. The lowest BCUT2D eigenvalue weighted by Crippen LogP contribution is -2.27. The third-order valence-corrected chi connectivity index (χ3v) is 9.03. The van der Waals surface area contributed by atoms with Gasteiger partial charge in [0.05, 0.1) is 19.6 Å². The van der Waals surface area contributed by atoms with Crippen LogP contribution < -0.4 is 14.8 Å². The minimum absolute atomic E-state index is 0.0319. The molecule has 0 saturated heterocycles. The van der Waals surface area contributed by atoms with E-state index >= 15 is 0 Å². The molecule has 12 heteroatoms. The fourth-order valence-corrected chi connectivity index (χ4v) is 5.68. The molecule has 0 spiro atoms. The highest BCUT2D eigenvalue weighted by Crippen LogP contribution is 2.38. The van der Waals surface area contributed by atoms with E-state index in [0.29, 0.717) is 68.0 Å². The van der Waals surface area contributed by atoms with Crippen LogP contribution in [0, 0.1) is 11.8 Å². The van der Waals surface area contributed by atoms with Crippen LogP contribution in [-0.2, 0) is 32.0 Å². The van der Waals surface area contributed by atoms with Gasteiger partial charge < -0.3 is 40.1 Å². The maximum Gasteiger partial charge on any atom is 0.303 e. The molecule has 2 rings (SSSR count). The van der Waals surface area contributed by atoms with Crippen LogP contribution in [0.15, 0.2) is 30.3 Å². The topological polar surface area (TPSA) is 183 Å². The molecule has 2 aromatic rings. The molecular weight excluding hydrogens is 765 g/mol. The highest BCUT2D eigenvalue weighted by Gasteiger charge is 2.16. The summed E-state index contributed by atoms with van der Waals surface area (Å²) in [6.45, 7) is 21.0. The van der Waals surface area contributed by atoms with Gasteiger partial charge in [-0.2, -0.15) is 0 Å². The third-order valence-electron chi connectivity index (χ3n) is 9.03. The van der Waals surface area contributed by atoms with Gasteiger partial charge in [0.1, 0.15) is 5.75 Å². The van der Waals surface area contributed by atoms with Gasteiger partial charge in [0.25, 0.3) is 6.47 Å². The largest absolute Gasteiger partial charge is 0.508 e. The monoisotopic (exact) mass is 847 g/mol. The van der Waals surface area contributed by atoms with Crippen molar-refractivity contribution in [1.82, 2.24) is 10.2 Å². The molecule has 0 fully saturated rings. The van der Waals surface area contributed by atoms with Crippen LogP contribution in [0.4, 0.5) is 0 Å². The molecule has 60 heavy (non-hydrogen) atoms. The van der Waals surface area contributed by atoms with Gasteiger partial charge in [-0.15, -0.1) is 0 Å². The van der Waals surface area contributed by atoms with Crippen LogP contribution in [-0.4, -0.2) is 82.9 Å². The summed E-state index contributed by atoms with van der Waals surface area (Å²) in [5, 5.41) is 38.3. The zero-order valence-electron chi connectivity index (χ0n) is 38.8. The van der Waals surface area contributed by atoms with Crippen LogP contribution in [0.1, 0.15) is 168 Å². The molecule has 0 bridgehead atoms. The Kier molecular flexibility index (Phi) is 34.9. The zero-order chi connectivity index (χ0) is 45.9. The number of phenolic OH excluding ortho intramolecular Hbond substituents is 2. The number of carbonyl (C=O) groups is 4. The molecular formula is C48H82N2O10. The first kappa shape index (κ1) is 57.6. The summed E-state index contributed by atoms with van der Waals surface area (Å²) in [5.74, 6) is 1.65. The van der Waals surface area contributed by atoms with Crippen LogP contribution >= 0.6 is 0 Å². The van der Waals surface area contributed by atoms with Gasteiger partial charge in [0.15, 0.2) is 11.5 Å². The molecule has 0 aromatic heterocycles. The fraction of sp³-hybridized carbons (Fsp3) is 0.667. The van der Waals surface area contributed by atoms with Gasteiger partial charge >= 0.3 is 5.97 Å². The van der Waals surface area contributed by atoms with Crippen molar-refractivity contribution in [1.29, 1.82) is 0 Å². The number of carboxylic acids is 1. The Labute approximate surface area is 362 Å². The van der Waals surface area contributed by atoms with Crippen LogP contribution in [0.2, 0.25) is 0 Å². The van der Waals surface area contributed by atoms with Crippen molar-refractivity contribution in [3.05, 3.63) is 47.0 Å². The van der Waals surface area contributed by atoms with Crippen molar-refractivity contribution in [2.75, 3.05) is 33.4 Å². The average Bonchev–Trinajstić information content (AvgIpc) is 3.19. The second kappa shape index (κ2) is 36.4. The number of aromatic hydroxyl groups is 2. The van der Waals surface area contributed by atoms with E-state index in [1.807, 2.05) is 45.2 Å². The number of carbonyl (C=O) groups excluding carboxylic acids is 2. The summed E-state index contributed by atoms with van der Waals surface area (Å²) < 4.78 is 11.5. The maximum absolute atomic E-state index is 12.2. The first-order valence-electron chi connectivity index (χ1n) is 22.2. The number of carboxylic acid groups (broad SMARTS) is 2. The number of phenols is 2. The molecule has 0 atom stereocenters. The number of unbranched alkanes of at least 4 members (excludes halogenated alkanes) is 8. The van der Waals surface area contributed by atoms with Gasteiger partial charge in [-0.05, 0) is 78.3 Å². The Morgan fingerprint density at radius 2 is 1.25 bits per heavy atom. The SMILES string of the molecule is CCCCCCC(=O)O.CCCCCCCCNC(=O)Cc1ccc(O)c(C(C)C)c1.CCCN(C)C(=O)CCc1cc(OCC(C)C)c(O)c(OCC(C)C)c1.O=CO. The number of nitrogens with zero attached hydrogens (tertiary/aromatic N) is 1. The highest BCUT2D eigenvalue weighted by atomic mass is 16.5. The predicted octanol–water partition coefficient (Wildman–Crippen LogP) is 10.5. The van der Waals surface area contributed by atoms with E-state index in [-0.39, 0.29) is 30.0 Å². The number of amides is 2. The van der Waals surface area contributed by atoms with Gasteiger partial charge in [0.2, 0.25) is 17.6 Å². The molecule has 0 aliphatic heterocycles. The van der Waals surface area contributed by atoms with E-state index in [2.05, 4.69) is 53.8 Å². The Morgan fingerprint density at radius 3 is 1.73 bits per heavy atom. The van der Waals surface area contributed by atoms with E-state index < -0.39 is 5.97 Å². The number of benzene rings is 2. The summed E-state index contributed by atoms with van der Waals surface area (Å²) in [4.78, 5) is 44.2. The van der Waals surface area contributed by atoms with Crippen molar-refractivity contribution in [2.45, 2.75) is 165 Å². The molecule has 5 N–H and O–H groups in total. The van der Waals surface area contributed by atoms with E-state index in [4.69, 9.17) is 24.5 Å². The first-order valence-corrected chi connectivity index (χ1v) is 22.2. The van der Waals surface area contributed by atoms with E-state index in [0.717, 1.165) is 61.9 Å². The number of rotatable bonds is 26. The standard InChI is InChI=1S/C21H35NO4.C19H31NO2.C7H14O2.CH2O2/c1-7-10-22(6)20(23)9-8-17-11-18(25-13-15(2)3)21(24)19(12-17)26-14-16(4)5;1-4-5-6-7-8-9-12-20-19(22)14-16-10-11-18(21)17(13-16)15(2)3;1-2-3-4-5-6-7(8)9;2-1-3/h11-12,15-16,24H,7-10,13-14H2,1-6H3;10-11,13,15,21H,4-9,12,14H2,1-3H3,(H,20,22);2-6H2,1H3,(H,8,9);1H,(H,2,3). The van der Waals surface area contributed by atoms with Gasteiger partial charge in [-0.3, -0.25) is 19.2 Å². The van der Waals surface area contributed by atoms with Crippen molar-refractivity contribution in [2.24, 2.45) is 11.8 Å². The van der Waals surface area contributed by atoms with E-state index in [1.165, 1.54) is 38.5 Å². The fourth-order valence-electron chi connectivity index (χ4n) is 5.68. The lowest BCUT2D eigenvalue weighted by atomic mass is 9.98. The first-order chi connectivity index (χ1) is 28.5. The summed E-state index contributed by atoms with van der Waals surface area (Å²) in [6.07, 6.45) is 14.3. The number of aliphatic carboxylic acids is 1. The van der Waals surface area contributed by atoms with Crippen molar-refractivity contribution < 1.29 is 49.1 Å². The molecule has 0 aliphatic carbocycles. The molecule has 12 nitrogen and oxygen atoms in total. The lowest BCUT2D eigenvalue weighted by Gasteiger charge is -2.18. The van der Waals surface area contributed by atoms with Crippen LogP contribution in [0.25, 0.3) is 0 Å². The van der Waals surface area contributed by atoms with Crippen LogP contribution in [0.3, 0.4) is 0 Å². The number of ether oxygens (including phenoxy) is 2. The normalized spacial score (nSPS) is 10.4. The highest BCUT2D eigenvalue weighted by molar-refractivity contribution is 5.78. The summed E-state index contributed by atoms with van der Waals surface area (Å²) in [7, 11) is 1.83. The second-order valence-electron chi connectivity index (χ2n) is 16.3. The average molecular weight is 847 g/mol. The number of nitrogens with one attached hydrogen (secondary N) is 1. The predicted molar refractivity (Wildman–Crippen MR) is 242 cm³/mol. The Balaban J connectivity index is 0.